The number of benzene rings is 1. The topological polar surface area (TPSA) is 55.0 Å². The molecular weight excluding hydrogens is 304 g/mol. The lowest BCUT2D eigenvalue weighted by Gasteiger charge is -2.35. The molecule has 0 heterocycles. The average molecular weight is 339 g/mol. The van der Waals surface area contributed by atoms with E-state index in [1.165, 1.54) is 0 Å². The highest BCUT2D eigenvalue weighted by molar-refractivity contribution is 5.41. The third-order valence-corrected chi connectivity index (χ3v) is 3.53. The van der Waals surface area contributed by atoms with E-state index in [1.807, 2.05) is 49.4 Å². The van der Waals surface area contributed by atoms with Crippen molar-refractivity contribution in [3.63, 3.8) is 0 Å². The molecule has 0 aliphatic rings. The van der Waals surface area contributed by atoms with Crippen molar-refractivity contribution < 1.29 is 4.74 Å². The van der Waals surface area contributed by atoms with Gasteiger partial charge in [-0.2, -0.15) is 5.53 Å². The van der Waals surface area contributed by atoms with Gasteiger partial charge in [0.25, 0.3) is 0 Å². The molecule has 0 spiro atoms. The SMILES string of the molecule is CCN(CCOC(C)C)NNN(Nc1ccccc1)N(CC)CC. The van der Waals surface area contributed by atoms with Crippen LogP contribution in [0.2, 0.25) is 0 Å². The van der Waals surface area contributed by atoms with Crippen LogP contribution in [0.25, 0.3) is 0 Å². The van der Waals surface area contributed by atoms with E-state index in [2.05, 4.69) is 47.3 Å². The minimum atomic E-state index is 0.253. The van der Waals surface area contributed by atoms with Crippen molar-refractivity contribution in [2.45, 2.75) is 40.7 Å². The second-order valence-electron chi connectivity index (χ2n) is 5.65. The smallest absolute Gasteiger partial charge is 0.0611 e. The van der Waals surface area contributed by atoms with Crippen LogP contribution in [-0.2, 0) is 4.74 Å². The van der Waals surface area contributed by atoms with Crippen molar-refractivity contribution >= 4 is 5.69 Å². The summed E-state index contributed by atoms with van der Waals surface area (Å²) in [6.07, 6.45) is 0.253. The highest BCUT2D eigenvalue weighted by Crippen LogP contribution is 2.07. The molecule has 0 radical (unpaired) electrons. The van der Waals surface area contributed by atoms with E-state index in [9.17, 15) is 0 Å². The monoisotopic (exact) mass is 338 g/mol. The summed E-state index contributed by atoms with van der Waals surface area (Å²) in [5, 5.41) is 6.10. The molecular formula is C17H34N6O. The molecule has 0 aliphatic carbocycles. The Kier molecular flexibility index (Phi) is 10.6. The molecule has 1 rings (SSSR count). The molecule has 1 aromatic carbocycles. The number of likely N-dealkylation sites (N-methyl/N-ethyl adjacent to an activating group) is 1. The molecule has 0 atom stereocenters. The van der Waals surface area contributed by atoms with Crippen LogP contribution < -0.4 is 16.5 Å². The fraction of sp³-hybridized carbons (Fsp3) is 0.647. The van der Waals surface area contributed by atoms with Crippen molar-refractivity contribution in [2.24, 2.45) is 0 Å². The van der Waals surface area contributed by atoms with Crippen LogP contribution in [-0.4, -0.2) is 54.1 Å². The lowest BCUT2D eigenvalue weighted by Crippen LogP contribution is -2.62. The van der Waals surface area contributed by atoms with Crippen LogP contribution in [0, 0.1) is 0 Å². The summed E-state index contributed by atoms with van der Waals surface area (Å²) in [6, 6.07) is 10.1. The standard InChI is InChI=1S/C17H34N6O/c1-6-21(14-15-24-16(4)5)19-20-23(22(7-2)8-3)18-17-12-10-9-11-13-17/h9-13,16,18-20H,6-8,14-15H2,1-5H3. The number of nitrogens with one attached hydrogen (secondary N) is 3. The second kappa shape index (κ2) is 12.2. The van der Waals surface area contributed by atoms with E-state index in [-0.39, 0.29) is 6.10 Å². The Morgan fingerprint density at radius 1 is 0.958 bits per heavy atom. The first-order chi connectivity index (χ1) is 11.6. The van der Waals surface area contributed by atoms with E-state index >= 15 is 0 Å². The van der Waals surface area contributed by atoms with Crippen molar-refractivity contribution in [1.29, 1.82) is 0 Å². The number of hydrogen-bond acceptors (Lipinski definition) is 7. The van der Waals surface area contributed by atoms with Gasteiger partial charge in [0.05, 0.1) is 18.4 Å². The van der Waals surface area contributed by atoms with Gasteiger partial charge in [0.1, 0.15) is 0 Å². The summed E-state index contributed by atoms with van der Waals surface area (Å²) in [5.41, 5.74) is 10.8. The zero-order chi connectivity index (χ0) is 17.8. The van der Waals surface area contributed by atoms with Crippen molar-refractivity contribution in [3.05, 3.63) is 30.3 Å². The predicted molar refractivity (Wildman–Crippen MR) is 99.4 cm³/mol. The molecule has 7 heteroatoms. The van der Waals surface area contributed by atoms with Gasteiger partial charge in [-0.05, 0) is 26.0 Å². The van der Waals surface area contributed by atoms with Crippen molar-refractivity contribution in [2.75, 3.05) is 38.2 Å². The minimum absolute atomic E-state index is 0.253. The van der Waals surface area contributed by atoms with Gasteiger partial charge in [0.2, 0.25) is 0 Å². The van der Waals surface area contributed by atoms with Crippen LogP contribution in [0.3, 0.4) is 0 Å². The van der Waals surface area contributed by atoms with Gasteiger partial charge < -0.3 is 4.74 Å². The van der Waals surface area contributed by atoms with Gasteiger partial charge >= 0.3 is 0 Å². The summed E-state index contributed by atoms with van der Waals surface area (Å²) < 4.78 is 5.62. The van der Waals surface area contributed by atoms with Gasteiger partial charge in [-0.25, -0.2) is 10.0 Å². The molecule has 7 nitrogen and oxygen atoms in total. The van der Waals surface area contributed by atoms with Crippen LogP contribution >= 0.6 is 0 Å². The molecule has 3 N–H and O–H groups in total. The summed E-state index contributed by atoms with van der Waals surface area (Å²) in [5.74, 6) is 0. The maximum absolute atomic E-state index is 5.62. The summed E-state index contributed by atoms with van der Waals surface area (Å²) >= 11 is 0. The minimum Gasteiger partial charge on any atom is -0.377 e. The average Bonchev–Trinajstić information content (AvgIpc) is 2.59. The summed E-state index contributed by atoms with van der Waals surface area (Å²) in [7, 11) is 0. The fourth-order valence-corrected chi connectivity index (χ4v) is 2.12. The van der Waals surface area contributed by atoms with Crippen molar-refractivity contribution in [1.82, 2.24) is 26.3 Å². The maximum Gasteiger partial charge on any atom is 0.0611 e. The quantitative estimate of drug-likeness (QED) is 0.477. The number of rotatable bonds is 13. The van der Waals surface area contributed by atoms with E-state index < -0.39 is 0 Å². The molecule has 138 valence electrons. The number of nitrogens with zero attached hydrogens (tertiary/aromatic N) is 3. The Morgan fingerprint density at radius 3 is 2.17 bits per heavy atom. The van der Waals surface area contributed by atoms with E-state index in [1.54, 1.807) is 0 Å². The zero-order valence-electron chi connectivity index (χ0n) is 15.7. The second-order valence-corrected chi connectivity index (χ2v) is 5.65. The third kappa shape index (κ3) is 8.05. The van der Waals surface area contributed by atoms with Gasteiger partial charge in [0.15, 0.2) is 0 Å². The first kappa shape index (κ1) is 20.8. The fourth-order valence-electron chi connectivity index (χ4n) is 2.12. The molecule has 0 bridgehead atoms. The number of anilines is 1. The number of ether oxygens (including phenoxy) is 1. The summed E-state index contributed by atoms with van der Waals surface area (Å²) in [6.45, 7) is 14.6. The molecule has 0 amide bonds. The van der Waals surface area contributed by atoms with Gasteiger partial charge in [0, 0.05) is 26.2 Å². The predicted octanol–water partition coefficient (Wildman–Crippen LogP) is 2.24. The van der Waals surface area contributed by atoms with Crippen LogP contribution in [0.1, 0.15) is 34.6 Å². The Bertz CT molecular complexity index is 413. The Balaban J connectivity index is 2.56. The van der Waals surface area contributed by atoms with E-state index in [4.69, 9.17) is 4.74 Å². The number of hydrogen-bond donors (Lipinski definition) is 3. The zero-order valence-corrected chi connectivity index (χ0v) is 15.7. The summed E-state index contributed by atoms with van der Waals surface area (Å²) in [4.78, 5) is 0. The molecule has 24 heavy (non-hydrogen) atoms. The molecule has 0 aliphatic heterocycles. The first-order valence-electron chi connectivity index (χ1n) is 8.85. The molecule has 0 aromatic heterocycles. The Hall–Kier alpha value is -1.22. The van der Waals surface area contributed by atoms with Crippen LogP contribution in [0.15, 0.2) is 30.3 Å². The van der Waals surface area contributed by atoms with Crippen LogP contribution in [0.4, 0.5) is 5.69 Å². The number of hydrazine groups is 5. The van der Waals surface area contributed by atoms with Crippen LogP contribution in [0.5, 0.6) is 0 Å². The number of para-hydroxylation sites is 1. The molecule has 0 saturated heterocycles. The Morgan fingerprint density at radius 2 is 1.62 bits per heavy atom. The highest BCUT2D eigenvalue weighted by atomic mass is 16.5. The van der Waals surface area contributed by atoms with Gasteiger partial charge in [-0.1, -0.05) is 44.2 Å². The molecule has 0 unspecified atom stereocenters. The first-order valence-corrected chi connectivity index (χ1v) is 8.85. The van der Waals surface area contributed by atoms with Gasteiger partial charge in [-0.3, -0.25) is 5.43 Å². The largest absolute Gasteiger partial charge is 0.377 e. The molecule has 0 saturated carbocycles. The maximum atomic E-state index is 5.62. The molecule has 1 aromatic rings. The van der Waals surface area contributed by atoms with Crippen molar-refractivity contribution in [3.8, 4) is 0 Å². The Labute approximate surface area is 146 Å². The van der Waals surface area contributed by atoms with E-state index in [0.29, 0.717) is 6.61 Å². The third-order valence-electron chi connectivity index (χ3n) is 3.53. The molecule has 0 fully saturated rings. The van der Waals surface area contributed by atoms with Gasteiger partial charge in [-0.15, -0.1) is 5.53 Å². The normalized spacial score (nSPS) is 11.9. The lowest BCUT2D eigenvalue weighted by atomic mass is 10.3. The van der Waals surface area contributed by atoms with E-state index in [0.717, 1.165) is 31.9 Å². The lowest BCUT2D eigenvalue weighted by molar-refractivity contribution is -0.0855. The highest BCUT2D eigenvalue weighted by Gasteiger charge is 2.13.